The van der Waals surface area contributed by atoms with E-state index in [4.69, 9.17) is 0 Å². The first-order valence-corrected chi connectivity index (χ1v) is 4.79. The molecule has 1 rings (SSSR count). The fourth-order valence-electron chi connectivity index (χ4n) is 0.660. The second-order valence-electron chi connectivity index (χ2n) is 1.79. The summed E-state index contributed by atoms with van der Waals surface area (Å²) in [6.07, 6.45) is 1.93. The summed E-state index contributed by atoms with van der Waals surface area (Å²) in [4.78, 5) is 0.898. The molecule has 0 aromatic heterocycles. The van der Waals surface area contributed by atoms with Crippen LogP contribution in [-0.2, 0) is 0 Å². The van der Waals surface area contributed by atoms with Crippen molar-refractivity contribution in [3.05, 3.63) is 22.7 Å². The highest BCUT2D eigenvalue weighted by Crippen LogP contribution is 2.32. The van der Waals surface area contributed by atoms with Crippen molar-refractivity contribution in [2.45, 2.75) is 4.90 Å². The zero-order chi connectivity index (χ0) is 7.56. The molecule has 0 aliphatic rings. The highest BCUT2D eigenvalue weighted by atomic mass is 79.9. The van der Waals surface area contributed by atoms with Gasteiger partial charge in [0.25, 0.3) is 0 Å². The Labute approximate surface area is 72.6 Å². The average molecular weight is 219 g/mol. The van der Waals surface area contributed by atoms with Gasteiger partial charge < -0.3 is 5.11 Å². The monoisotopic (exact) mass is 218 g/mol. The van der Waals surface area contributed by atoms with E-state index in [1.807, 2.05) is 24.5 Å². The van der Waals surface area contributed by atoms with Crippen LogP contribution < -0.4 is 0 Å². The molecule has 0 bridgehead atoms. The molecule has 1 aromatic carbocycles. The molecule has 0 aliphatic carbocycles. The molecule has 0 aliphatic heterocycles. The smallest absolute Gasteiger partial charge is 0.143 e. The largest absolute Gasteiger partial charge is 0.506 e. The molecule has 0 saturated heterocycles. The minimum Gasteiger partial charge on any atom is -0.506 e. The van der Waals surface area contributed by atoms with Gasteiger partial charge in [0, 0.05) is 0 Å². The summed E-state index contributed by atoms with van der Waals surface area (Å²) in [6.45, 7) is 0. The summed E-state index contributed by atoms with van der Waals surface area (Å²) in [5.74, 6) is 0.329. The first kappa shape index (κ1) is 7.95. The first-order chi connectivity index (χ1) is 4.75. The van der Waals surface area contributed by atoms with Crippen molar-refractivity contribution in [2.75, 3.05) is 6.26 Å². The Morgan fingerprint density at radius 1 is 1.50 bits per heavy atom. The molecule has 0 unspecified atom stereocenters. The van der Waals surface area contributed by atoms with Crippen molar-refractivity contribution >= 4 is 27.7 Å². The lowest BCUT2D eigenvalue weighted by molar-refractivity contribution is 0.459. The van der Waals surface area contributed by atoms with E-state index >= 15 is 0 Å². The number of thioether (sulfide) groups is 1. The summed E-state index contributed by atoms with van der Waals surface area (Å²) < 4.78 is 0.749. The molecule has 3 heteroatoms. The number of halogens is 1. The first-order valence-electron chi connectivity index (χ1n) is 2.77. The molecule has 1 aromatic rings. The van der Waals surface area contributed by atoms with Crippen molar-refractivity contribution < 1.29 is 5.11 Å². The molecule has 10 heavy (non-hydrogen) atoms. The summed E-state index contributed by atoms with van der Waals surface area (Å²) in [7, 11) is 0. The molecule has 0 amide bonds. The predicted octanol–water partition coefficient (Wildman–Crippen LogP) is 2.88. The normalized spacial score (nSPS) is 9.80. The average Bonchev–Trinajstić information content (AvgIpc) is 1.95. The number of para-hydroxylation sites is 1. The van der Waals surface area contributed by atoms with E-state index in [0.717, 1.165) is 9.37 Å². The summed E-state index contributed by atoms with van der Waals surface area (Å²) in [6, 6.07) is 5.59. The molecule has 0 atom stereocenters. The summed E-state index contributed by atoms with van der Waals surface area (Å²) in [5, 5.41) is 9.33. The van der Waals surface area contributed by atoms with Crippen molar-refractivity contribution in [1.29, 1.82) is 0 Å². The van der Waals surface area contributed by atoms with Crippen LogP contribution in [0.5, 0.6) is 5.75 Å². The zero-order valence-corrected chi connectivity index (χ0v) is 7.87. The molecule has 0 saturated carbocycles. The highest BCUT2D eigenvalue weighted by Gasteiger charge is 2.01. The van der Waals surface area contributed by atoms with Gasteiger partial charge in [0.05, 0.1) is 9.37 Å². The SMILES string of the molecule is CSc1cccc(Br)c1O. The maximum atomic E-state index is 9.33. The molecular formula is C7H7BrOS. The number of aromatic hydroxyl groups is 1. The van der Waals surface area contributed by atoms with Crippen molar-refractivity contribution in [1.82, 2.24) is 0 Å². The molecule has 0 spiro atoms. The lowest BCUT2D eigenvalue weighted by Gasteiger charge is -2.00. The van der Waals surface area contributed by atoms with Crippen LogP contribution in [0.3, 0.4) is 0 Å². The van der Waals surface area contributed by atoms with Crippen molar-refractivity contribution in [3.8, 4) is 5.75 Å². The third kappa shape index (κ3) is 1.47. The van der Waals surface area contributed by atoms with E-state index in [1.165, 1.54) is 11.8 Å². The van der Waals surface area contributed by atoms with E-state index in [9.17, 15) is 5.11 Å². The maximum Gasteiger partial charge on any atom is 0.143 e. The van der Waals surface area contributed by atoms with Crippen molar-refractivity contribution in [3.63, 3.8) is 0 Å². The number of benzene rings is 1. The van der Waals surface area contributed by atoms with Gasteiger partial charge >= 0.3 is 0 Å². The van der Waals surface area contributed by atoms with Crippen LogP contribution in [0, 0.1) is 0 Å². The Morgan fingerprint density at radius 2 is 2.20 bits per heavy atom. The summed E-state index contributed by atoms with van der Waals surface area (Å²) >= 11 is 4.75. The van der Waals surface area contributed by atoms with E-state index in [1.54, 1.807) is 0 Å². The van der Waals surface area contributed by atoms with Gasteiger partial charge in [-0.2, -0.15) is 0 Å². The van der Waals surface area contributed by atoms with E-state index in [-0.39, 0.29) is 0 Å². The third-order valence-electron chi connectivity index (χ3n) is 1.17. The lowest BCUT2D eigenvalue weighted by Crippen LogP contribution is -1.72. The van der Waals surface area contributed by atoms with Crippen LogP contribution >= 0.6 is 27.7 Å². The molecule has 0 radical (unpaired) electrons. The van der Waals surface area contributed by atoms with E-state index in [2.05, 4.69) is 15.9 Å². The van der Waals surface area contributed by atoms with Crippen LogP contribution in [-0.4, -0.2) is 11.4 Å². The molecule has 0 heterocycles. The third-order valence-corrected chi connectivity index (χ3v) is 2.58. The van der Waals surface area contributed by atoms with Gasteiger partial charge in [-0.1, -0.05) is 6.07 Å². The Hall–Kier alpha value is -0.150. The standard InChI is InChI=1S/C7H7BrOS/c1-10-6-4-2-3-5(8)7(6)9/h2-4,9H,1H3. The number of phenols is 1. The zero-order valence-electron chi connectivity index (χ0n) is 5.47. The molecule has 1 N–H and O–H groups in total. The van der Waals surface area contributed by atoms with Crippen LogP contribution in [0.2, 0.25) is 0 Å². The summed E-state index contributed by atoms with van der Waals surface area (Å²) in [5.41, 5.74) is 0. The van der Waals surface area contributed by atoms with Crippen LogP contribution in [0.25, 0.3) is 0 Å². The van der Waals surface area contributed by atoms with Crippen LogP contribution in [0.1, 0.15) is 0 Å². The molecule has 54 valence electrons. The number of rotatable bonds is 1. The molecule has 1 nitrogen and oxygen atoms in total. The van der Waals surface area contributed by atoms with Crippen LogP contribution in [0.4, 0.5) is 0 Å². The number of phenolic OH excluding ortho intramolecular Hbond substituents is 1. The van der Waals surface area contributed by atoms with Crippen LogP contribution in [0.15, 0.2) is 27.6 Å². The Bertz CT molecular complexity index is 237. The van der Waals surface area contributed by atoms with Gasteiger partial charge in [-0.3, -0.25) is 0 Å². The fraction of sp³-hybridized carbons (Fsp3) is 0.143. The fourth-order valence-corrected chi connectivity index (χ4v) is 1.68. The number of hydrogen-bond donors (Lipinski definition) is 1. The minimum atomic E-state index is 0.329. The maximum absolute atomic E-state index is 9.33. The van der Waals surface area contributed by atoms with Gasteiger partial charge in [-0.05, 0) is 34.3 Å². The van der Waals surface area contributed by atoms with Gasteiger partial charge in [-0.25, -0.2) is 0 Å². The second kappa shape index (κ2) is 3.30. The van der Waals surface area contributed by atoms with E-state index in [0.29, 0.717) is 5.75 Å². The minimum absolute atomic E-state index is 0.329. The number of hydrogen-bond acceptors (Lipinski definition) is 2. The van der Waals surface area contributed by atoms with E-state index < -0.39 is 0 Å². The Balaban J connectivity index is 3.14. The quantitative estimate of drug-likeness (QED) is 0.733. The molecule has 0 fully saturated rings. The lowest BCUT2D eigenvalue weighted by atomic mass is 10.3. The second-order valence-corrected chi connectivity index (χ2v) is 3.49. The van der Waals surface area contributed by atoms with Gasteiger partial charge in [-0.15, -0.1) is 11.8 Å². The van der Waals surface area contributed by atoms with Gasteiger partial charge in [0.1, 0.15) is 5.75 Å². The van der Waals surface area contributed by atoms with Gasteiger partial charge in [0.15, 0.2) is 0 Å². The molecular weight excluding hydrogens is 212 g/mol. The van der Waals surface area contributed by atoms with Crippen molar-refractivity contribution in [2.24, 2.45) is 0 Å². The highest BCUT2D eigenvalue weighted by molar-refractivity contribution is 9.10. The topological polar surface area (TPSA) is 20.2 Å². The predicted molar refractivity (Wildman–Crippen MR) is 47.6 cm³/mol. The van der Waals surface area contributed by atoms with Gasteiger partial charge in [0.2, 0.25) is 0 Å². The Morgan fingerprint density at radius 3 is 2.70 bits per heavy atom. The Kier molecular flexibility index (Phi) is 2.63.